The molecule has 5 N–H and O–H groups in total. The van der Waals surface area contributed by atoms with Crippen LogP contribution in [0.1, 0.15) is 43.1 Å². The first-order chi connectivity index (χ1) is 9.04. The van der Waals surface area contributed by atoms with Crippen LogP contribution in [0.15, 0.2) is 12.3 Å². The van der Waals surface area contributed by atoms with Gasteiger partial charge in [0, 0.05) is 25.7 Å². The van der Waals surface area contributed by atoms with Gasteiger partial charge in [0.25, 0.3) is 5.91 Å². The molecule has 1 rings (SSSR count). The van der Waals surface area contributed by atoms with Crippen molar-refractivity contribution in [3.8, 4) is 0 Å². The molecule has 6 heteroatoms. The van der Waals surface area contributed by atoms with Crippen LogP contribution in [-0.4, -0.2) is 22.9 Å². The maximum Gasteiger partial charge on any atom is 0.267 e. The van der Waals surface area contributed by atoms with E-state index in [0.717, 1.165) is 19.4 Å². The molecule has 0 fully saturated rings. The van der Waals surface area contributed by atoms with Crippen molar-refractivity contribution in [3.63, 3.8) is 0 Å². The summed E-state index contributed by atoms with van der Waals surface area (Å²) in [6.45, 7) is 3.34. The third-order valence-corrected chi connectivity index (χ3v) is 2.75. The van der Waals surface area contributed by atoms with Gasteiger partial charge in [0.05, 0.1) is 5.69 Å². The minimum atomic E-state index is -0.309. The average molecular weight is 266 g/mol. The number of nitrogens with zero attached hydrogens (tertiary/aromatic N) is 1. The van der Waals surface area contributed by atoms with Gasteiger partial charge in [-0.15, -0.1) is 0 Å². The van der Waals surface area contributed by atoms with E-state index in [-0.39, 0.29) is 11.8 Å². The smallest absolute Gasteiger partial charge is 0.267 e. The van der Waals surface area contributed by atoms with Crippen LogP contribution in [0.2, 0.25) is 0 Å². The van der Waals surface area contributed by atoms with Gasteiger partial charge in [-0.1, -0.05) is 6.92 Å². The number of amides is 2. The second kappa shape index (κ2) is 7.45. The molecule has 0 aliphatic carbocycles. The monoisotopic (exact) mass is 266 g/mol. The van der Waals surface area contributed by atoms with Crippen molar-refractivity contribution in [2.75, 3.05) is 12.3 Å². The Hall–Kier alpha value is -1.98. The molecule has 0 bridgehead atoms. The van der Waals surface area contributed by atoms with Gasteiger partial charge in [-0.2, -0.15) is 0 Å². The molecule has 0 aliphatic heterocycles. The first-order valence-corrected chi connectivity index (χ1v) is 6.56. The molecule has 0 saturated carbocycles. The van der Waals surface area contributed by atoms with Gasteiger partial charge in [0.1, 0.15) is 5.69 Å². The number of carbonyl (C=O) groups excluding carboxylic acids is 2. The molecule has 1 aromatic rings. The van der Waals surface area contributed by atoms with E-state index in [1.807, 2.05) is 11.5 Å². The molecule has 0 aliphatic rings. The fraction of sp³-hybridized carbons (Fsp3) is 0.538. The Morgan fingerprint density at radius 3 is 2.74 bits per heavy atom. The van der Waals surface area contributed by atoms with Crippen molar-refractivity contribution < 1.29 is 9.59 Å². The van der Waals surface area contributed by atoms with Crippen LogP contribution in [-0.2, 0) is 11.3 Å². The molecule has 0 unspecified atom stereocenters. The molecule has 0 aromatic carbocycles. The van der Waals surface area contributed by atoms with Gasteiger partial charge >= 0.3 is 0 Å². The molecular weight excluding hydrogens is 244 g/mol. The number of hydrogen-bond acceptors (Lipinski definition) is 3. The fourth-order valence-corrected chi connectivity index (χ4v) is 1.87. The number of carbonyl (C=O) groups is 2. The van der Waals surface area contributed by atoms with Crippen LogP contribution < -0.4 is 16.8 Å². The Balaban J connectivity index is 2.42. The summed E-state index contributed by atoms with van der Waals surface area (Å²) >= 11 is 0. The molecule has 6 nitrogen and oxygen atoms in total. The normalized spacial score (nSPS) is 10.4. The van der Waals surface area contributed by atoms with Gasteiger partial charge < -0.3 is 21.4 Å². The lowest BCUT2D eigenvalue weighted by Crippen LogP contribution is -2.27. The van der Waals surface area contributed by atoms with Crippen LogP contribution >= 0.6 is 0 Å². The maximum atomic E-state index is 12.0. The highest BCUT2D eigenvalue weighted by Crippen LogP contribution is 2.11. The second-order valence-electron chi connectivity index (χ2n) is 4.53. The van der Waals surface area contributed by atoms with E-state index >= 15 is 0 Å². The largest absolute Gasteiger partial charge is 0.397 e. The Morgan fingerprint density at radius 1 is 1.37 bits per heavy atom. The van der Waals surface area contributed by atoms with Crippen LogP contribution in [0.25, 0.3) is 0 Å². The molecule has 0 saturated heterocycles. The maximum absolute atomic E-state index is 12.0. The second-order valence-corrected chi connectivity index (χ2v) is 4.53. The van der Waals surface area contributed by atoms with E-state index in [0.29, 0.717) is 30.8 Å². The first-order valence-electron chi connectivity index (χ1n) is 6.56. The molecule has 0 atom stereocenters. The summed E-state index contributed by atoms with van der Waals surface area (Å²) in [5, 5.41) is 2.82. The van der Waals surface area contributed by atoms with E-state index in [1.54, 1.807) is 12.3 Å². The zero-order valence-electron chi connectivity index (χ0n) is 11.3. The summed E-state index contributed by atoms with van der Waals surface area (Å²) in [6, 6.07) is 1.68. The third kappa shape index (κ3) is 5.03. The highest BCUT2D eigenvalue weighted by Gasteiger charge is 2.11. The Kier molecular flexibility index (Phi) is 5.92. The Labute approximate surface area is 113 Å². The number of unbranched alkanes of at least 4 members (excludes halogenated alkanes) is 1. The molecular formula is C13H22N4O2. The van der Waals surface area contributed by atoms with E-state index in [2.05, 4.69) is 5.32 Å². The van der Waals surface area contributed by atoms with Crippen molar-refractivity contribution in [1.82, 2.24) is 9.88 Å². The van der Waals surface area contributed by atoms with E-state index in [1.165, 1.54) is 0 Å². The number of aromatic nitrogens is 1. The number of nitrogen functional groups attached to an aromatic ring is 1. The lowest BCUT2D eigenvalue weighted by atomic mass is 10.2. The van der Waals surface area contributed by atoms with Crippen LogP contribution in [0.3, 0.4) is 0 Å². The highest BCUT2D eigenvalue weighted by atomic mass is 16.2. The first kappa shape index (κ1) is 15.1. The number of nitrogens with two attached hydrogens (primary N) is 2. The summed E-state index contributed by atoms with van der Waals surface area (Å²) in [6.07, 6.45) is 4.49. The van der Waals surface area contributed by atoms with E-state index in [9.17, 15) is 9.59 Å². The van der Waals surface area contributed by atoms with Gasteiger partial charge in [-0.3, -0.25) is 9.59 Å². The quantitative estimate of drug-likeness (QED) is 0.608. The van der Waals surface area contributed by atoms with Crippen LogP contribution in [0.4, 0.5) is 5.69 Å². The molecule has 19 heavy (non-hydrogen) atoms. The number of anilines is 1. The Morgan fingerprint density at radius 2 is 2.11 bits per heavy atom. The number of hydrogen-bond donors (Lipinski definition) is 3. The van der Waals surface area contributed by atoms with Gasteiger partial charge in [0.15, 0.2) is 0 Å². The van der Waals surface area contributed by atoms with E-state index < -0.39 is 0 Å². The predicted molar refractivity (Wildman–Crippen MR) is 74.5 cm³/mol. The predicted octanol–water partition coefficient (Wildman–Crippen LogP) is 0.866. The zero-order chi connectivity index (χ0) is 14.3. The van der Waals surface area contributed by atoms with Crippen molar-refractivity contribution >= 4 is 17.5 Å². The summed E-state index contributed by atoms with van der Waals surface area (Å²) in [7, 11) is 0. The SMILES string of the molecule is CCCn1cc(N)cc1C(=O)NCCCCC(N)=O. The van der Waals surface area contributed by atoms with Gasteiger partial charge in [0.2, 0.25) is 5.91 Å². The molecule has 1 aromatic heterocycles. The number of rotatable bonds is 8. The van der Waals surface area contributed by atoms with Crippen LogP contribution in [0.5, 0.6) is 0 Å². The number of nitrogens with one attached hydrogen (secondary N) is 1. The lowest BCUT2D eigenvalue weighted by Gasteiger charge is -2.08. The summed E-state index contributed by atoms with van der Waals surface area (Å²) in [5.41, 5.74) is 11.9. The highest BCUT2D eigenvalue weighted by molar-refractivity contribution is 5.93. The molecule has 0 spiro atoms. The lowest BCUT2D eigenvalue weighted by molar-refractivity contribution is -0.118. The fourth-order valence-electron chi connectivity index (χ4n) is 1.87. The van der Waals surface area contributed by atoms with Crippen molar-refractivity contribution in [2.45, 2.75) is 39.2 Å². The standard InChI is InChI=1S/C13H22N4O2/c1-2-7-17-9-10(14)8-11(17)13(19)16-6-4-3-5-12(15)18/h8-9H,2-7,14H2,1H3,(H2,15,18)(H,16,19). The molecule has 0 radical (unpaired) electrons. The number of primary amides is 1. The zero-order valence-corrected chi connectivity index (χ0v) is 11.3. The molecule has 1 heterocycles. The molecule has 2 amide bonds. The summed E-state index contributed by atoms with van der Waals surface area (Å²) in [4.78, 5) is 22.5. The van der Waals surface area contributed by atoms with Gasteiger partial charge in [-0.25, -0.2) is 0 Å². The van der Waals surface area contributed by atoms with Crippen molar-refractivity contribution in [3.05, 3.63) is 18.0 Å². The Bertz CT molecular complexity index is 440. The van der Waals surface area contributed by atoms with Crippen molar-refractivity contribution in [1.29, 1.82) is 0 Å². The van der Waals surface area contributed by atoms with Crippen molar-refractivity contribution in [2.24, 2.45) is 5.73 Å². The van der Waals surface area contributed by atoms with E-state index in [4.69, 9.17) is 11.5 Å². The third-order valence-electron chi connectivity index (χ3n) is 2.75. The average Bonchev–Trinajstić information content (AvgIpc) is 2.70. The summed E-state index contributed by atoms with van der Waals surface area (Å²) < 4.78 is 1.86. The summed E-state index contributed by atoms with van der Waals surface area (Å²) in [5.74, 6) is -0.444. The van der Waals surface area contributed by atoms with Gasteiger partial charge in [-0.05, 0) is 25.3 Å². The topological polar surface area (TPSA) is 103 Å². The number of aryl methyl sites for hydroxylation is 1. The minimum Gasteiger partial charge on any atom is -0.397 e. The molecule has 106 valence electrons. The van der Waals surface area contributed by atoms with Crippen LogP contribution in [0, 0.1) is 0 Å². The minimum absolute atomic E-state index is 0.135.